The lowest BCUT2D eigenvalue weighted by Gasteiger charge is -2.00. The van der Waals surface area contributed by atoms with Crippen LogP contribution in [-0.2, 0) is 0 Å². The summed E-state index contributed by atoms with van der Waals surface area (Å²) >= 11 is 0. The van der Waals surface area contributed by atoms with Crippen molar-refractivity contribution < 1.29 is 4.42 Å². The molecule has 2 nitrogen and oxygen atoms in total. The van der Waals surface area contributed by atoms with Gasteiger partial charge in [-0.05, 0) is 11.6 Å². The van der Waals surface area contributed by atoms with Gasteiger partial charge in [-0.3, -0.25) is 0 Å². The van der Waals surface area contributed by atoms with Crippen LogP contribution < -0.4 is 0 Å². The van der Waals surface area contributed by atoms with E-state index in [0.717, 1.165) is 22.2 Å². The van der Waals surface area contributed by atoms with Crippen molar-refractivity contribution in [2.45, 2.75) is 6.92 Å². The number of para-hydroxylation sites is 1. The van der Waals surface area contributed by atoms with Crippen LogP contribution in [-0.4, -0.2) is 4.98 Å². The number of hydrogen-bond donors (Lipinski definition) is 0. The third kappa shape index (κ3) is 1.39. The highest BCUT2D eigenvalue weighted by Crippen LogP contribution is 2.28. The smallest absolute Gasteiger partial charge is 0.192 e. The van der Waals surface area contributed by atoms with Crippen LogP contribution in [0, 0.1) is 6.92 Å². The van der Waals surface area contributed by atoms with Gasteiger partial charge in [-0.25, -0.2) is 4.98 Å². The van der Waals surface area contributed by atoms with E-state index in [2.05, 4.69) is 23.2 Å². The first-order chi connectivity index (χ1) is 7.84. The first-order valence-electron chi connectivity index (χ1n) is 5.26. The van der Waals surface area contributed by atoms with E-state index >= 15 is 0 Å². The SMILES string of the molecule is Cc1nc2cccc(-c3ccccc3)c2o1. The van der Waals surface area contributed by atoms with Gasteiger partial charge in [0.15, 0.2) is 11.5 Å². The van der Waals surface area contributed by atoms with Crippen molar-refractivity contribution in [1.82, 2.24) is 4.98 Å². The van der Waals surface area contributed by atoms with Crippen molar-refractivity contribution in [3.63, 3.8) is 0 Å². The molecule has 78 valence electrons. The summed E-state index contributed by atoms with van der Waals surface area (Å²) in [7, 11) is 0. The average molecular weight is 209 g/mol. The van der Waals surface area contributed by atoms with Crippen molar-refractivity contribution in [2.24, 2.45) is 0 Å². The maximum atomic E-state index is 5.64. The molecule has 1 heterocycles. The van der Waals surface area contributed by atoms with Crippen molar-refractivity contribution >= 4 is 11.1 Å². The molecule has 0 bridgehead atoms. The predicted molar refractivity (Wildman–Crippen MR) is 64.2 cm³/mol. The topological polar surface area (TPSA) is 26.0 Å². The number of fused-ring (bicyclic) bond motifs is 1. The number of aryl methyl sites for hydroxylation is 1. The number of oxazole rings is 1. The molecule has 0 radical (unpaired) electrons. The van der Waals surface area contributed by atoms with Gasteiger partial charge in [-0.2, -0.15) is 0 Å². The van der Waals surface area contributed by atoms with Gasteiger partial charge in [0.25, 0.3) is 0 Å². The minimum absolute atomic E-state index is 0.707. The Balaban J connectivity index is 2.31. The molecule has 0 N–H and O–H groups in total. The molecule has 3 aromatic rings. The second kappa shape index (κ2) is 3.49. The molecule has 2 heteroatoms. The maximum absolute atomic E-state index is 5.64. The molecular weight excluding hydrogens is 198 g/mol. The summed E-state index contributed by atoms with van der Waals surface area (Å²) in [6.07, 6.45) is 0. The summed E-state index contributed by atoms with van der Waals surface area (Å²) in [5.74, 6) is 0.707. The lowest BCUT2D eigenvalue weighted by Crippen LogP contribution is -1.77. The highest BCUT2D eigenvalue weighted by Gasteiger charge is 2.08. The fourth-order valence-electron chi connectivity index (χ4n) is 1.91. The van der Waals surface area contributed by atoms with Crippen molar-refractivity contribution in [3.8, 4) is 11.1 Å². The first kappa shape index (κ1) is 9.16. The molecular formula is C14H11NO. The van der Waals surface area contributed by atoms with E-state index in [4.69, 9.17) is 4.42 Å². The highest BCUT2D eigenvalue weighted by atomic mass is 16.3. The van der Waals surface area contributed by atoms with Crippen LogP contribution in [0.4, 0.5) is 0 Å². The van der Waals surface area contributed by atoms with Crippen LogP contribution in [0.5, 0.6) is 0 Å². The zero-order valence-electron chi connectivity index (χ0n) is 8.97. The zero-order chi connectivity index (χ0) is 11.0. The van der Waals surface area contributed by atoms with Crippen LogP contribution in [0.3, 0.4) is 0 Å². The van der Waals surface area contributed by atoms with Gasteiger partial charge in [-0.1, -0.05) is 42.5 Å². The van der Waals surface area contributed by atoms with Gasteiger partial charge in [0.05, 0.1) is 0 Å². The quantitative estimate of drug-likeness (QED) is 0.609. The van der Waals surface area contributed by atoms with Crippen LogP contribution in [0.25, 0.3) is 22.2 Å². The molecule has 3 rings (SSSR count). The maximum Gasteiger partial charge on any atom is 0.192 e. The summed E-state index contributed by atoms with van der Waals surface area (Å²) in [6, 6.07) is 16.2. The van der Waals surface area contributed by atoms with E-state index in [9.17, 15) is 0 Å². The van der Waals surface area contributed by atoms with Crippen molar-refractivity contribution in [1.29, 1.82) is 0 Å². The first-order valence-corrected chi connectivity index (χ1v) is 5.26. The van der Waals surface area contributed by atoms with Gasteiger partial charge in [0.1, 0.15) is 5.52 Å². The predicted octanol–water partition coefficient (Wildman–Crippen LogP) is 3.80. The van der Waals surface area contributed by atoms with Crippen LogP contribution in [0.2, 0.25) is 0 Å². The second-order valence-electron chi connectivity index (χ2n) is 3.75. The Morgan fingerprint density at radius 2 is 1.75 bits per heavy atom. The number of rotatable bonds is 1. The molecule has 16 heavy (non-hydrogen) atoms. The summed E-state index contributed by atoms with van der Waals surface area (Å²) in [5.41, 5.74) is 4.04. The van der Waals surface area contributed by atoms with Crippen LogP contribution in [0.1, 0.15) is 5.89 Å². The van der Waals surface area contributed by atoms with Crippen LogP contribution >= 0.6 is 0 Å². The highest BCUT2D eigenvalue weighted by molar-refractivity contribution is 5.90. The van der Waals surface area contributed by atoms with E-state index < -0.39 is 0 Å². The number of nitrogens with zero attached hydrogens (tertiary/aromatic N) is 1. The standard InChI is InChI=1S/C14H11NO/c1-10-15-13-9-5-8-12(14(13)16-10)11-6-3-2-4-7-11/h2-9H,1H3. The summed E-state index contributed by atoms with van der Waals surface area (Å²) in [4.78, 5) is 4.33. The number of benzene rings is 2. The van der Waals surface area contributed by atoms with Crippen molar-refractivity contribution in [3.05, 3.63) is 54.4 Å². The summed E-state index contributed by atoms with van der Waals surface area (Å²) < 4.78 is 5.64. The zero-order valence-corrected chi connectivity index (χ0v) is 8.97. The molecule has 2 aromatic carbocycles. The Kier molecular flexibility index (Phi) is 2.00. The molecule has 0 aliphatic rings. The molecule has 0 atom stereocenters. The Bertz CT molecular complexity index is 626. The van der Waals surface area contributed by atoms with Gasteiger partial charge >= 0.3 is 0 Å². The summed E-state index contributed by atoms with van der Waals surface area (Å²) in [5, 5.41) is 0. The third-order valence-electron chi connectivity index (χ3n) is 2.61. The Labute approximate surface area is 93.5 Å². The van der Waals surface area contributed by atoms with Gasteiger partial charge in [0, 0.05) is 12.5 Å². The van der Waals surface area contributed by atoms with E-state index in [1.807, 2.05) is 37.3 Å². The lowest BCUT2D eigenvalue weighted by molar-refractivity contribution is 0.562. The molecule has 0 saturated heterocycles. The van der Waals surface area contributed by atoms with E-state index in [1.54, 1.807) is 0 Å². The Morgan fingerprint density at radius 1 is 0.938 bits per heavy atom. The average Bonchev–Trinajstić information content (AvgIpc) is 2.70. The largest absolute Gasteiger partial charge is 0.440 e. The van der Waals surface area contributed by atoms with E-state index in [0.29, 0.717) is 5.89 Å². The van der Waals surface area contributed by atoms with Gasteiger partial charge in [0.2, 0.25) is 0 Å². The summed E-state index contributed by atoms with van der Waals surface area (Å²) in [6.45, 7) is 1.87. The third-order valence-corrected chi connectivity index (χ3v) is 2.61. The second-order valence-corrected chi connectivity index (χ2v) is 3.75. The molecule has 0 unspecified atom stereocenters. The molecule has 0 fully saturated rings. The van der Waals surface area contributed by atoms with Crippen LogP contribution in [0.15, 0.2) is 52.9 Å². The molecule has 0 aliphatic carbocycles. The molecule has 0 amide bonds. The fraction of sp³-hybridized carbons (Fsp3) is 0.0714. The van der Waals surface area contributed by atoms with Gasteiger partial charge in [-0.15, -0.1) is 0 Å². The molecule has 1 aromatic heterocycles. The minimum Gasteiger partial charge on any atom is -0.440 e. The lowest BCUT2D eigenvalue weighted by atomic mass is 10.1. The van der Waals surface area contributed by atoms with E-state index in [1.165, 1.54) is 0 Å². The van der Waals surface area contributed by atoms with Crippen molar-refractivity contribution in [2.75, 3.05) is 0 Å². The van der Waals surface area contributed by atoms with Gasteiger partial charge < -0.3 is 4.42 Å². The normalized spacial score (nSPS) is 10.8. The number of hydrogen-bond acceptors (Lipinski definition) is 2. The Hall–Kier alpha value is -2.09. The molecule has 0 saturated carbocycles. The van der Waals surface area contributed by atoms with E-state index in [-0.39, 0.29) is 0 Å². The fourth-order valence-corrected chi connectivity index (χ4v) is 1.91. The number of aromatic nitrogens is 1. The molecule has 0 aliphatic heterocycles. The monoisotopic (exact) mass is 209 g/mol. The Morgan fingerprint density at radius 3 is 2.56 bits per heavy atom. The molecule has 0 spiro atoms. The minimum atomic E-state index is 0.707.